The smallest absolute Gasteiger partial charge is 0.261 e. The maximum atomic E-state index is 13.1. The van der Waals surface area contributed by atoms with Gasteiger partial charge in [0.15, 0.2) is 11.5 Å². The molecular weight excluding hydrogens is 348 g/mol. The Hall–Kier alpha value is -3.09. The van der Waals surface area contributed by atoms with E-state index in [9.17, 15) is 4.79 Å². The monoisotopic (exact) mass is 370 g/mol. The maximum Gasteiger partial charge on any atom is 0.261 e. The predicted octanol–water partition coefficient (Wildman–Crippen LogP) is 2.39. The zero-order valence-electron chi connectivity index (χ0n) is 15.4. The molecule has 2 aliphatic heterocycles. The van der Waals surface area contributed by atoms with Gasteiger partial charge in [0, 0.05) is 37.9 Å². The molecule has 2 heterocycles. The SMILES string of the molecule is COc1cccc(OC)c1C(=O)N1CCN(c2ccc3c(c2)OCO3)CC1. The summed E-state index contributed by atoms with van der Waals surface area (Å²) in [6.07, 6.45) is 0. The van der Waals surface area contributed by atoms with E-state index >= 15 is 0 Å². The molecule has 0 aliphatic carbocycles. The lowest BCUT2D eigenvalue weighted by Gasteiger charge is -2.36. The summed E-state index contributed by atoms with van der Waals surface area (Å²) >= 11 is 0. The summed E-state index contributed by atoms with van der Waals surface area (Å²) in [7, 11) is 3.12. The number of piperazine rings is 1. The zero-order valence-corrected chi connectivity index (χ0v) is 15.4. The topological polar surface area (TPSA) is 60.5 Å². The quantitative estimate of drug-likeness (QED) is 0.824. The number of nitrogens with zero attached hydrogens (tertiary/aromatic N) is 2. The average molecular weight is 370 g/mol. The van der Waals surface area contributed by atoms with Crippen molar-refractivity contribution in [3.8, 4) is 23.0 Å². The Morgan fingerprint density at radius 2 is 1.59 bits per heavy atom. The van der Waals surface area contributed by atoms with Gasteiger partial charge >= 0.3 is 0 Å². The number of amides is 1. The van der Waals surface area contributed by atoms with Crippen LogP contribution in [0.5, 0.6) is 23.0 Å². The number of anilines is 1. The lowest BCUT2D eigenvalue weighted by Crippen LogP contribution is -2.48. The molecule has 0 radical (unpaired) electrons. The molecule has 0 aromatic heterocycles. The number of methoxy groups -OCH3 is 2. The molecule has 1 amide bonds. The summed E-state index contributed by atoms with van der Waals surface area (Å²) in [6.45, 7) is 2.98. The molecule has 1 saturated heterocycles. The average Bonchev–Trinajstić information content (AvgIpc) is 3.20. The van der Waals surface area contributed by atoms with Gasteiger partial charge in [-0.15, -0.1) is 0 Å². The minimum Gasteiger partial charge on any atom is -0.496 e. The van der Waals surface area contributed by atoms with Crippen LogP contribution in [0.25, 0.3) is 0 Å². The van der Waals surface area contributed by atoms with Crippen LogP contribution in [0.4, 0.5) is 5.69 Å². The number of benzene rings is 2. The van der Waals surface area contributed by atoms with Crippen molar-refractivity contribution in [1.82, 2.24) is 4.90 Å². The van der Waals surface area contributed by atoms with Gasteiger partial charge in [0.25, 0.3) is 5.91 Å². The third-order valence-corrected chi connectivity index (χ3v) is 4.93. The van der Waals surface area contributed by atoms with Gasteiger partial charge in [-0.1, -0.05) is 6.07 Å². The fourth-order valence-corrected chi connectivity index (χ4v) is 3.47. The number of rotatable bonds is 4. The van der Waals surface area contributed by atoms with Gasteiger partial charge in [-0.05, 0) is 24.3 Å². The first-order chi connectivity index (χ1) is 13.2. The van der Waals surface area contributed by atoms with E-state index in [1.165, 1.54) is 0 Å². The summed E-state index contributed by atoms with van der Waals surface area (Å²) in [5, 5.41) is 0. The Morgan fingerprint density at radius 3 is 2.26 bits per heavy atom. The van der Waals surface area contributed by atoms with E-state index in [1.54, 1.807) is 26.4 Å². The van der Waals surface area contributed by atoms with E-state index in [4.69, 9.17) is 18.9 Å². The normalized spacial score (nSPS) is 15.6. The minimum absolute atomic E-state index is 0.0744. The first-order valence-corrected chi connectivity index (χ1v) is 8.86. The molecular formula is C20H22N2O5. The molecule has 4 rings (SSSR count). The molecule has 1 fully saturated rings. The fourth-order valence-electron chi connectivity index (χ4n) is 3.47. The van der Waals surface area contributed by atoms with Gasteiger partial charge in [-0.2, -0.15) is 0 Å². The van der Waals surface area contributed by atoms with Crippen LogP contribution in [0.1, 0.15) is 10.4 Å². The molecule has 2 aromatic carbocycles. The number of carbonyl (C=O) groups is 1. The molecule has 7 nitrogen and oxygen atoms in total. The first-order valence-electron chi connectivity index (χ1n) is 8.86. The number of hydrogen-bond acceptors (Lipinski definition) is 6. The van der Waals surface area contributed by atoms with E-state index < -0.39 is 0 Å². The van der Waals surface area contributed by atoms with Crippen molar-refractivity contribution in [1.29, 1.82) is 0 Å². The van der Waals surface area contributed by atoms with Crippen molar-refractivity contribution < 1.29 is 23.7 Å². The van der Waals surface area contributed by atoms with Crippen molar-refractivity contribution >= 4 is 11.6 Å². The van der Waals surface area contributed by atoms with Crippen LogP contribution in [0.2, 0.25) is 0 Å². The van der Waals surface area contributed by atoms with Crippen LogP contribution in [-0.4, -0.2) is 58.0 Å². The molecule has 2 aliphatic rings. The first kappa shape index (κ1) is 17.3. The summed E-state index contributed by atoms with van der Waals surface area (Å²) in [6, 6.07) is 11.3. The Balaban J connectivity index is 1.47. The van der Waals surface area contributed by atoms with Crippen LogP contribution in [-0.2, 0) is 0 Å². The molecule has 2 aromatic rings. The van der Waals surface area contributed by atoms with E-state index in [1.807, 2.05) is 29.2 Å². The second kappa shape index (κ2) is 7.26. The molecule has 7 heteroatoms. The Labute approximate surface area is 158 Å². The lowest BCUT2D eigenvalue weighted by molar-refractivity contribution is 0.0739. The van der Waals surface area contributed by atoms with Gasteiger partial charge in [0.1, 0.15) is 17.1 Å². The van der Waals surface area contributed by atoms with Crippen LogP contribution in [0.3, 0.4) is 0 Å². The number of ether oxygens (including phenoxy) is 4. The molecule has 0 N–H and O–H groups in total. The van der Waals surface area contributed by atoms with Gasteiger partial charge in [0.2, 0.25) is 6.79 Å². The fraction of sp³-hybridized carbons (Fsp3) is 0.350. The highest BCUT2D eigenvalue weighted by Crippen LogP contribution is 2.36. The molecule has 0 bridgehead atoms. The van der Waals surface area contributed by atoms with Crippen molar-refractivity contribution in [2.45, 2.75) is 0 Å². The molecule has 142 valence electrons. The highest BCUT2D eigenvalue weighted by molar-refractivity contribution is 5.99. The number of hydrogen-bond donors (Lipinski definition) is 0. The van der Waals surface area contributed by atoms with Gasteiger partial charge in [-0.3, -0.25) is 4.79 Å². The van der Waals surface area contributed by atoms with E-state index in [-0.39, 0.29) is 12.7 Å². The van der Waals surface area contributed by atoms with E-state index in [2.05, 4.69) is 4.90 Å². The predicted molar refractivity (Wildman–Crippen MR) is 100 cm³/mol. The largest absolute Gasteiger partial charge is 0.496 e. The van der Waals surface area contributed by atoms with Crippen molar-refractivity contribution in [3.63, 3.8) is 0 Å². The standard InChI is InChI=1S/C20H22N2O5/c1-24-16-4-3-5-17(25-2)19(16)20(23)22-10-8-21(9-11-22)14-6-7-15-18(12-14)27-13-26-15/h3-7,12H,8-11,13H2,1-2H3. The molecule has 27 heavy (non-hydrogen) atoms. The number of carbonyl (C=O) groups excluding carboxylic acids is 1. The molecule has 0 spiro atoms. The van der Waals surface area contributed by atoms with Crippen LogP contribution in [0.15, 0.2) is 36.4 Å². The third kappa shape index (κ3) is 3.20. The Morgan fingerprint density at radius 1 is 0.926 bits per heavy atom. The maximum absolute atomic E-state index is 13.1. The number of fused-ring (bicyclic) bond motifs is 1. The molecule has 0 atom stereocenters. The van der Waals surface area contributed by atoms with E-state index in [0.29, 0.717) is 30.2 Å². The van der Waals surface area contributed by atoms with Crippen LogP contribution >= 0.6 is 0 Å². The molecule has 0 unspecified atom stereocenters. The van der Waals surface area contributed by atoms with Crippen molar-refractivity contribution in [3.05, 3.63) is 42.0 Å². The molecule has 0 saturated carbocycles. The summed E-state index contributed by atoms with van der Waals surface area (Å²) < 4.78 is 21.6. The van der Waals surface area contributed by atoms with Crippen LogP contribution in [0, 0.1) is 0 Å². The Kier molecular flexibility index (Phi) is 4.66. The summed E-state index contributed by atoms with van der Waals surface area (Å²) in [5.74, 6) is 2.52. The van der Waals surface area contributed by atoms with Crippen molar-refractivity contribution in [2.75, 3.05) is 52.1 Å². The zero-order chi connectivity index (χ0) is 18.8. The van der Waals surface area contributed by atoms with E-state index in [0.717, 1.165) is 30.3 Å². The van der Waals surface area contributed by atoms with Gasteiger partial charge in [0.05, 0.1) is 14.2 Å². The summed E-state index contributed by atoms with van der Waals surface area (Å²) in [4.78, 5) is 17.1. The van der Waals surface area contributed by atoms with Crippen molar-refractivity contribution in [2.24, 2.45) is 0 Å². The second-order valence-electron chi connectivity index (χ2n) is 6.35. The third-order valence-electron chi connectivity index (χ3n) is 4.93. The lowest BCUT2D eigenvalue weighted by atomic mass is 10.1. The second-order valence-corrected chi connectivity index (χ2v) is 6.35. The van der Waals surface area contributed by atoms with Gasteiger partial charge in [-0.25, -0.2) is 0 Å². The summed E-state index contributed by atoms with van der Waals surface area (Å²) in [5.41, 5.74) is 1.54. The minimum atomic E-state index is -0.0744. The van der Waals surface area contributed by atoms with Gasteiger partial charge < -0.3 is 28.7 Å². The highest BCUT2D eigenvalue weighted by atomic mass is 16.7. The van der Waals surface area contributed by atoms with Crippen LogP contribution < -0.4 is 23.8 Å². The Bertz CT molecular complexity index is 824. The highest BCUT2D eigenvalue weighted by Gasteiger charge is 2.27.